The van der Waals surface area contributed by atoms with E-state index < -0.39 is 10.0 Å². The average Bonchev–Trinajstić information content (AvgIpc) is 3.58. The molecule has 5 rings (SSSR count). The van der Waals surface area contributed by atoms with E-state index in [0.717, 1.165) is 18.4 Å². The first kappa shape index (κ1) is 27.1. The first-order valence-electron chi connectivity index (χ1n) is 12.9. The van der Waals surface area contributed by atoms with Crippen LogP contribution in [-0.2, 0) is 14.8 Å². The number of amides is 1. The van der Waals surface area contributed by atoms with Crippen LogP contribution < -0.4 is 23.8 Å². The standard InChI is InChI=1S/C29H31ClN2O6S/c1-36-25-12-10-19(14-26(25)38-24-8-3-4-9-24)20-15-29(33)32(18-20)23-7-5-6-22(17-23)31-39(34,35)28-13-11-21(30)16-27(28)37-2/h5-7,10-14,16-17,20,24,31H,3-4,8-9,15,18H2,1-2H3. The number of nitrogens with one attached hydrogen (secondary N) is 1. The van der Waals surface area contributed by atoms with Gasteiger partial charge in [-0.1, -0.05) is 23.7 Å². The van der Waals surface area contributed by atoms with Crippen molar-refractivity contribution in [2.24, 2.45) is 0 Å². The van der Waals surface area contributed by atoms with Gasteiger partial charge < -0.3 is 19.1 Å². The minimum atomic E-state index is -3.96. The Labute approximate surface area is 233 Å². The zero-order chi connectivity index (χ0) is 27.6. The summed E-state index contributed by atoms with van der Waals surface area (Å²) in [6, 6.07) is 17.0. The van der Waals surface area contributed by atoms with Crippen molar-refractivity contribution in [1.29, 1.82) is 0 Å². The molecule has 206 valence electrons. The Morgan fingerprint density at radius 3 is 2.44 bits per heavy atom. The van der Waals surface area contributed by atoms with E-state index in [2.05, 4.69) is 4.72 Å². The van der Waals surface area contributed by atoms with Gasteiger partial charge in [-0.2, -0.15) is 0 Å². The van der Waals surface area contributed by atoms with E-state index in [-0.39, 0.29) is 28.6 Å². The van der Waals surface area contributed by atoms with Crippen molar-refractivity contribution in [3.05, 3.63) is 71.2 Å². The van der Waals surface area contributed by atoms with Gasteiger partial charge in [0.2, 0.25) is 5.91 Å². The number of carbonyl (C=O) groups is 1. The van der Waals surface area contributed by atoms with Gasteiger partial charge >= 0.3 is 0 Å². The van der Waals surface area contributed by atoms with Gasteiger partial charge in [-0.05, 0) is 73.7 Å². The van der Waals surface area contributed by atoms with Crippen LogP contribution in [0.5, 0.6) is 17.2 Å². The highest BCUT2D eigenvalue weighted by Gasteiger charge is 2.33. The monoisotopic (exact) mass is 570 g/mol. The lowest BCUT2D eigenvalue weighted by atomic mass is 9.98. The van der Waals surface area contributed by atoms with E-state index in [1.165, 1.54) is 38.2 Å². The highest BCUT2D eigenvalue weighted by molar-refractivity contribution is 7.92. The number of hydrogen-bond acceptors (Lipinski definition) is 6. The number of halogens is 1. The summed E-state index contributed by atoms with van der Waals surface area (Å²) < 4.78 is 45.8. The maximum Gasteiger partial charge on any atom is 0.265 e. The molecule has 0 bridgehead atoms. The SMILES string of the molecule is COc1ccc(C2CC(=O)N(c3cccc(NS(=O)(=O)c4ccc(Cl)cc4OC)c3)C2)cc1OC1CCCC1. The molecule has 1 N–H and O–H groups in total. The molecule has 1 aliphatic carbocycles. The molecule has 1 amide bonds. The maximum atomic E-state index is 13.1. The van der Waals surface area contributed by atoms with E-state index in [0.29, 0.717) is 40.9 Å². The fraction of sp³-hybridized carbons (Fsp3) is 0.345. The molecule has 2 aliphatic rings. The van der Waals surface area contributed by atoms with Crippen LogP contribution in [0, 0.1) is 0 Å². The molecule has 1 aliphatic heterocycles. The molecule has 1 unspecified atom stereocenters. The van der Waals surface area contributed by atoms with Crippen LogP contribution in [0.15, 0.2) is 65.6 Å². The highest BCUT2D eigenvalue weighted by Crippen LogP contribution is 2.38. The predicted octanol–water partition coefficient (Wildman–Crippen LogP) is 6.00. The fourth-order valence-electron chi connectivity index (χ4n) is 5.22. The largest absolute Gasteiger partial charge is 0.495 e. The second-order valence-corrected chi connectivity index (χ2v) is 11.9. The minimum Gasteiger partial charge on any atom is -0.495 e. The van der Waals surface area contributed by atoms with Crippen LogP contribution in [0.2, 0.25) is 5.02 Å². The smallest absolute Gasteiger partial charge is 0.265 e. The minimum absolute atomic E-state index is 0.0338. The van der Waals surface area contributed by atoms with Crippen molar-refractivity contribution >= 4 is 38.9 Å². The fourth-order valence-corrected chi connectivity index (χ4v) is 6.58. The molecule has 1 heterocycles. The summed E-state index contributed by atoms with van der Waals surface area (Å²) in [5.74, 6) is 1.46. The molecule has 2 fully saturated rings. The van der Waals surface area contributed by atoms with Gasteiger partial charge in [0.25, 0.3) is 10.0 Å². The third kappa shape index (κ3) is 5.94. The third-order valence-corrected chi connectivity index (χ3v) is 8.86. The molecule has 0 spiro atoms. The van der Waals surface area contributed by atoms with E-state index in [1.807, 2.05) is 18.2 Å². The second kappa shape index (κ2) is 11.4. The molecule has 1 saturated carbocycles. The molecule has 39 heavy (non-hydrogen) atoms. The van der Waals surface area contributed by atoms with Gasteiger partial charge in [-0.25, -0.2) is 8.42 Å². The molecule has 10 heteroatoms. The Morgan fingerprint density at radius 2 is 1.69 bits per heavy atom. The second-order valence-electron chi connectivity index (χ2n) is 9.79. The van der Waals surface area contributed by atoms with E-state index in [1.54, 1.807) is 36.3 Å². The van der Waals surface area contributed by atoms with Gasteiger partial charge in [0.15, 0.2) is 11.5 Å². The quantitative estimate of drug-likeness (QED) is 0.339. The van der Waals surface area contributed by atoms with Crippen molar-refractivity contribution in [3.63, 3.8) is 0 Å². The molecule has 0 aromatic heterocycles. The molecule has 1 saturated heterocycles. The number of nitrogens with zero attached hydrogens (tertiary/aromatic N) is 1. The van der Waals surface area contributed by atoms with Crippen LogP contribution in [0.3, 0.4) is 0 Å². The van der Waals surface area contributed by atoms with E-state index >= 15 is 0 Å². The molecular weight excluding hydrogens is 540 g/mol. The van der Waals surface area contributed by atoms with Gasteiger partial charge in [-0.15, -0.1) is 0 Å². The van der Waals surface area contributed by atoms with Crippen LogP contribution in [0.4, 0.5) is 11.4 Å². The third-order valence-electron chi connectivity index (χ3n) is 7.21. The Balaban J connectivity index is 1.34. The molecule has 8 nitrogen and oxygen atoms in total. The molecule has 3 aromatic rings. The maximum absolute atomic E-state index is 13.1. The van der Waals surface area contributed by atoms with Crippen molar-refractivity contribution in [2.75, 3.05) is 30.4 Å². The first-order chi connectivity index (χ1) is 18.8. The summed E-state index contributed by atoms with van der Waals surface area (Å²) in [5, 5.41) is 0.365. The van der Waals surface area contributed by atoms with E-state index in [4.69, 9.17) is 25.8 Å². The summed E-state index contributed by atoms with van der Waals surface area (Å²) >= 11 is 5.98. The van der Waals surface area contributed by atoms with Crippen molar-refractivity contribution in [1.82, 2.24) is 0 Å². The molecular formula is C29H31ClN2O6S. The molecule has 1 atom stereocenters. The van der Waals surface area contributed by atoms with Gasteiger partial charge in [0.1, 0.15) is 10.6 Å². The zero-order valence-corrected chi connectivity index (χ0v) is 23.4. The predicted molar refractivity (Wildman–Crippen MR) is 151 cm³/mol. The Hall–Kier alpha value is -3.43. The Kier molecular flexibility index (Phi) is 7.91. The highest BCUT2D eigenvalue weighted by atomic mass is 35.5. The lowest BCUT2D eigenvalue weighted by Gasteiger charge is -2.20. The number of rotatable bonds is 9. The summed E-state index contributed by atoms with van der Waals surface area (Å²) in [6.45, 7) is 0.468. The van der Waals surface area contributed by atoms with Crippen molar-refractivity contribution < 1.29 is 27.4 Å². The number of methoxy groups -OCH3 is 2. The summed E-state index contributed by atoms with van der Waals surface area (Å²) in [6.07, 6.45) is 4.94. The lowest BCUT2D eigenvalue weighted by molar-refractivity contribution is -0.117. The topological polar surface area (TPSA) is 94.2 Å². The van der Waals surface area contributed by atoms with Gasteiger partial charge in [0, 0.05) is 35.7 Å². The molecule has 0 radical (unpaired) electrons. The Morgan fingerprint density at radius 1 is 0.923 bits per heavy atom. The number of hydrogen-bond donors (Lipinski definition) is 1. The summed E-state index contributed by atoms with van der Waals surface area (Å²) in [4.78, 5) is 14.7. The average molecular weight is 571 g/mol. The van der Waals surface area contributed by atoms with E-state index in [9.17, 15) is 13.2 Å². The number of ether oxygens (including phenoxy) is 3. The number of sulfonamides is 1. The summed E-state index contributed by atoms with van der Waals surface area (Å²) in [5.41, 5.74) is 1.95. The number of benzene rings is 3. The van der Waals surface area contributed by atoms with Gasteiger partial charge in [-0.3, -0.25) is 9.52 Å². The summed E-state index contributed by atoms with van der Waals surface area (Å²) in [7, 11) is -0.956. The van der Waals surface area contributed by atoms with Crippen molar-refractivity contribution in [3.8, 4) is 17.2 Å². The van der Waals surface area contributed by atoms with Gasteiger partial charge in [0.05, 0.1) is 26.0 Å². The number of anilines is 2. The zero-order valence-electron chi connectivity index (χ0n) is 21.9. The van der Waals surface area contributed by atoms with Crippen LogP contribution in [0.1, 0.15) is 43.6 Å². The number of carbonyl (C=O) groups excluding carboxylic acids is 1. The lowest BCUT2D eigenvalue weighted by Crippen LogP contribution is -2.24. The normalized spacial score (nSPS) is 17.9. The van der Waals surface area contributed by atoms with Crippen LogP contribution >= 0.6 is 11.6 Å². The Bertz CT molecular complexity index is 1470. The molecule has 3 aromatic carbocycles. The van der Waals surface area contributed by atoms with Crippen LogP contribution in [0.25, 0.3) is 0 Å². The van der Waals surface area contributed by atoms with Crippen LogP contribution in [-0.4, -0.2) is 41.2 Å². The first-order valence-corrected chi connectivity index (χ1v) is 14.7. The van der Waals surface area contributed by atoms with Crippen molar-refractivity contribution in [2.45, 2.75) is 49.0 Å².